The van der Waals surface area contributed by atoms with E-state index in [4.69, 9.17) is 0 Å². The number of rotatable bonds is 2. The van der Waals surface area contributed by atoms with Crippen LogP contribution in [-0.2, 0) is 0 Å². The van der Waals surface area contributed by atoms with E-state index in [1.54, 1.807) is 12.3 Å². The molecule has 1 aliphatic heterocycles. The normalized spacial score (nSPS) is 30.0. The largest absolute Gasteiger partial charge is 0.357 e. The van der Waals surface area contributed by atoms with E-state index in [0.29, 0.717) is 17.7 Å². The number of aromatic nitrogens is 1. The monoisotopic (exact) mass is 221 g/mol. The van der Waals surface area contributed by atoms with Crippen LogP contribution in [0, 0.1) is 5.92 Å². The zero-order chi connectivity index (χ0) is 11.5. The minimum atomic E-state index is -0.0163. The van der Waals surface area contributed by atoms with Crippen LogP contribution in [0.2, 0.25) is 0 Å². The molecule has 1 amide bonds. The highest BCUT2D eigenvalue weighted by Gasteiger charge is 2.28. The fourth-order valence-corrected chi connectivity index (χ4v) is 2.31. The lowest BCUT2D eigenvalue weighted by Crippen LogP contribution is -2.55. The quantitative estimate of drug-likeness (QED) is 0.701. The molecule has 1 aromatic heterocycles. The maximum absolute atomic E-state index is 11.9. The predicted octanol–water partition coefficient (Wildman–Crippen LogP) is 1.13. The van der Waals surface area contributed by atoms with E-state index in [1.165, 1.54) is 0 Å². The second kappa shape index (κ2) is 4.70. The molecule has 1 fully saturated rings. The van der Waals surface area contributed by atoms with Gasteiger partial charge in [0.2, 0.25) is 0 Å². The zero-order valence-corrected chi connectivity index (χ0v) is 9.79. The SMILES string of the molecule is CC1CCNC(C)C1NC(=O)c1ccc[nH]1. The van der Waals surface area contributed by atoms with Crippen molar-refractivity contribution in [2.24, 2.45) is 5.92 Å². The second-order valence-corrected chi connectivity index (χ2v) is 4.59. The Balaban J connectivity index is 2.00. The first kappa shape index (κ1) is 11.2. The fraction of sp³-hybridized carbons (Fsp3) is 0.583. The number of H-pyrrole nitrogens is 1. The first-order chi connectivity index (χ1) is 7.68. The molecule has 2 heterocycles. The molecule has 4 heteroatoms. The van der Waals surface area contributed by atoms with Gasteiger partial charge in [-0.1, -0.05) is 6.92 Å². The highest BCUT2D eigenvalue weighted by atomic mass is 16.1. The van der Waals surface area contributed by atoms with E-state index >= 15 is 0 Å². The fourth-order valence-electron chi connectivity index (χ4n) is 2.31. The van der Waals surface area contributed by atoms with Crippen LogP contribution in [0.15, 0.2) is 18.3 Å². The number of aromatic amines is 1. The summed E-state index contributed by atoms with van der Waals surface area (Å²) in [5.74, 6) is 0.507. The van der Waals surface area contributed by atoms with Crippen molar-refractivity contribution >= 4 is 5.91 Å². The van der Waals surface area contributed by atoms with Crippen LogP contribution in [0.1, 0.15) is 30.8 Å². The third kappa shape index (κ3) is 2.27. The van der Waals surface area contributed by atoms with Crippen LogP contribution in [-0.4, -0.2) is 29.5 Å². The Bertz CT molecular complexity index is 337. The molecule has 0 aromatic carbocycles. The summed E-state index contributed by atoms with van der Waals surface area (Å²) in [6, 6.07) is 4.18. The summed E-state index contributed by atoms with van der Waals surface area (Å²) in [7, 11) is 0. The van der Waals surface area contributed by atoms with Crippen LogP contribution in [0.4, 0.5) is 0 Å². The molecule has 0 spiro atoms. The molecular formula is C12H19N3O. The van der Waals surface area contributed by atoms with E-state index in [1.807, 2.05) is 6.07 Å². The van der Waals surface area contributed by atoms with Crippen molar-refractivity contribution < 1.29 is 4.79 Å². The van der Waals surface area contributed by atoms with Gasteiger partial charge in [0.25, 0.3) is 5.91 Å². The highest BCUT2D eigenvalue weighted by Crippen LogP contribution is 2.16. The second-order valence-electron chi connectivity index (χ2n) is 4.59. The molecule has 1 aliphatic rings. The van der Waals surface area contributed by atoms with E-state index in [2.05, 4.69) is 29.5 Å². The molecule has 0 bridgehead atoms. The van der Waals surface area contributed by atoms with Crippen molar-refractivity contribution in [3.05, 3.63) is 24.0 Å². The Morgan fingerprint density at radius 3 is 2.94 bits per heavy atom. The average Bonchev–Trinajstić information content (AvgIpc) is 2.76. The van der Waals surface area contributed by atoms with Crippen LogP contribution in [0.3, 0.4) is 0 Å². The van der Waals surface area contributed by atoms with Gasteiger partial charge in [0.15, 0.2) is 0 Å². The summed E-state index contributed by atoms with van der Waals surface area (Å²) in [5, 5.41) is 6.48. The van der Waals surface area contributed by atoms with E-state index in [0.717, 1.165) is 13.0 Å². The molecule has 3 atom stereocenters. The molecule has 3 N–H and O–H groups in total. The van der Waals surface area contributed by atoms with Crippen LogP contribution < -0.4 is 10.6 Å². The van der Waals surface area contributed by atoms with Crippen molar-refractivity contribution in [3.63, 3.8) is 0 Å². The standard InChI is InChI=1S/C12H19N3O/c1-8-5-7-13-9(2)11(8)15-12(16)10-4-3-6-14-10/h3-4,6,8-9,11,13-14H,5,7H2,1-2H3,(H,15,16). The first-order valence-electron chi connectivity index (χ1n) is 5.86. The van der Waals surface area contributed by atoms with Gasteiger partial charge in [-0.15, -0.1) is 0 Å². The molecule has 88 valence electrons. The maximum atomic E-state index is 11.9. The molecule has 16 heavy (non-hydrogen) atoms. The van der Waals surface area contributed by atoms with Crippen molar-refractivity contribution in [3.8, 4) is 0 Å². The number of hydrogen-bond acceptors (Lipinski definition) is 2. The molecule has 3 unspecified atom stereocenters. The first-order valence-corrected chi connectivity index (χ1v) is 5.86. The zero-order valence-electron chi connectivity index (χ0n) is 9.79. The molecule has 2 rings (SSSR count). The van der Waals surface area contributed by atoms with Gasteiger partial charge in [-0.2, -0.15) is 0 Å². The Kier molecular flexibility index (Phi) is 3.29. The summed E-state index contributed by atoms with van der Waals surface area (Å²) in [6.45, 7) is 5.35. The summed E-state index contributed by atoms with van der Waals surface area (Å²) in [5.41, 5.74) is 0.630. The van der Waals surface area contributed by atoms with Gasteiger partial charge in [-0.05, 0) is 37.9 Å². The van der Waals surface area contributed by atoms with Gasteiger partial charge in [0, 0.05) is 18.3 Å². The lowest BCUT2D eigenvalue weighted by molar-refractivity contribution is 0.0893. The predicted molar refractivity (Wildman–Crippen MR) is 63.3 cm³/mol. The number of nitrogens with one attached hydrogen (secondary N) is 3. The van der Waals surface area contributed by atoms with Gasteiger partial charge in [0.1, 0.15) is 5.69 Å². The topological polar surface area (TPSA) is 56.9 Å². The summed E-state index contributed by atoms with van der Waals surface area (Å²) in [6.07, 6.45) is 2.88. The third-order valence-electron chi connectivity index (χ3n) is 3.36. The number of hydrogen-bond donors (Lipinski definition) is 3. The van der Waals surface area contributed by atoms with Crippen molar-refractivity contribution in [2.45, 2.75) is 32.4 Å². The van der Waals surface area contributed by atoms with Crippen molar-refractivity contribution in [1.29, 1.82) is 0 Å². The van der Waals surface area contributed by atoms with Crippen molar-refractivity contribution in [1.82, 2.24) is 15.6 Å². The van der Waals surface area contributed by atoms with E-state index in [9.17, 15) is 4.79 Å². The number of carbonyl (C=O) groups is 1. The van der Waals surface area contributed by atoms with Gasteiger partial charge in [0.05, 0.1) is 0 Å². The molecular weight excluding hydrogens is 202 g/mol. The molecule has 0 saturated carbocycles. The highest BCUT2D eigenvalue weighted by molar-refractivity contribution is 5.92. The number of piperidine rings is 1. The van der Waals surface area contributed by atoms with E-state index < -0.39 is 0 Å². The molecule has 1 aromatic rings. The average molecular weight is 221 g/mol. The Morgan fingerprint density at radius 1 is 1.50 bits per heavy atom. The molecule has 1 saturated heterocycles. The Morgan fingerprint density at radius 2 is 2.31 bits per heavy atom. The minimum absolute atomic E-state index is 0.0163. The minimum Gasteiger partial charge on any atom is -0.357 e. The van der Waals surface area contributed by atoms with Crippen LogP contribution >= 0.6 is 0 Å². The van der Waals surface area contributed by atoms with Gasteiger partial charge in [-0.3, -0.25) is 4.79 Å². The summed E-state index contributed by atoms with van der Waals surface area (Å²) >= 11 is 0. The third-order valence-corrected chi connectivity index (χ3v) is 3.36. The lowest BCUT2D eigenvalue weighted by atomic mass is 9.89. The molecule has 4 nitrogen and oxygen atoms in total. The van der Waals surface area contributed by atoms with Crippen LogP contribution in [0.25, 0.3) is 0 Å². The molecule has 0 aliphatic carbocycles. The lowest BCUT2D eigenvalue weighted by Gasteiger charge is -2.35. The van der Waals surface area contributed by atoms with Crippen LogP contribution in [0.5, 0.6) is 0 Å². The van der Waals surface area contributed by atoms with Crippen molar-refractivity contribution in [2.75, 3.05) is 6.54 Å². The molecule has 0 radical (unpaired) electrons. The Hall–Kier alpha value is -1.29. The van der Waals surface area contributed by atoms with Gasteiger partial charge in [-0.25, -0.2) is 0 Å². The van der Waals surface area contributed by atoms with Gasteiger partial charge < -0.3 is 15.6 Å². The maximum Gasteiger partial charge on any atom is 0.267 e. The Labute approximate surface area is 95.8 Å². The van der Waals surface area contributed by atoms with Gasteiger partial charge >= 0.3 is 0 Å². The number of amides is 1. The number of carbonyl (C=O) groups excluding carboxylic acids is 1. The van der Waals surface area contributed by atoms with E-state index in [-0.39, 0.29) is 11.9 Å². The summed E-state index contributed by atoms with van der Waals surface area (Å²) in [4.78, 5) is 14.8. The summed E-state index contributed by atoms with van der Waals surface area (Å²) < 4.78 is 0. The smallest absolute Gasteiger partial charge is 0.267 e.